The van der Waals surface area contributed by atoms with Gasteiger partial charge in [0.25, 0.3) is 0 Å². The van der Waals surface area contributed by atoms with E-state index >= 15 is 0 Å². The summed E-state index contributed by atoms with van der Waals surface area (Å²) in [6.07, 6.45) is 19.5. The molecule has 0 atom stereocenters. The monoisotopic (exact) mass is 551 g/mol. The van der Waals surface area contributed by atoms with Gasteiger partial charge in [0.15, 0.2) is 0 Å². The van der Waals surface area contributed by atoms with Crippen molar-refractivity contribution in [2.45, 2.75) is 59.3 Å². The molecule has 0 aromatic heterocycles. The fourth-order valence-electron chi connectivity index (χ4n) is 5.17. The van der Waals surface area contributed by atoms with E-state index in [-0.39, 0.29) is 35.0 Å². The second-order valence-electron chi connectivity index (χ2n) is 9.98. The van der Waals surface area contributed by atoms with Crippen LogP contribution in [0.4, 0.5) is 0 Å². The summed E-state index contributed by atoms with van der Waals surface area (Å²) in [6, 6.07) is 8.71. The van der Waals surface area contributed by atoms with Crippen molar-refractivity contribution >= 4 is 41.5 Å². The average Bonchev–Trinajstić information content (AvgIpc) is 2.95. The SMILES string of the molecule is CC1=C(Cl)/C(=C/C=C2/N(CCCCS[O-])C3=C(Cc4ccccc4C=C3)C2(C)C)CCC1.CSC.[Na+]. The number of unbranched alkanes of at least 4 members (excludes halogenated alkanes) is 1. The molecule has 4 rings (SSSR count). The zero-order valence-electron chi connectivity index (χ0n) is 22.8. The molecular formula is C30H39ClNNaOS2. The van der Waals surface area contributed by atoms with E-state index in [1.165, 1.54) is 45.7 Å². The normalized spacial score (nSPS) is 20.6. The molecule has 6 heteroatoms. The number of hydrogen-bond donors (Lipinski definition) is 0. The first-order valence-electron chi connectivity index (χ1n) is 12.5. The predicted octanol–water partition coefficient (Wildman–Crippen LogP) is 5.99. The topological polar surface area (TPSA) is 26.3 Å². The van der Waals surface area contributed by atoms with Crippen LogP contribution in [0.2, 0.25) is 0 Å². The van der Waals surface area contributed by atoms with E-state index in [2.05, 4.69) is 74.2 Å². The maximum atomic E-state index is 10.9. The summed E-state index contributed by atoms with van der Waals surface area (Å²) < 4.78 is 10.9. The first kappa shape index (κ1) is 31.9. The average molecular weight is 552 g/mol. The van der Waals surface area contributed by atoms with Gasteiger partial charge in [-0.05, 0) is 98.1 Å². The minimum atomic E-state index is -0.0681. The number of fused-ring (bicyclic) bond motifs is 1. The third-order valence-corrected chi connectivity index (χ3v) is 8.11. The van der Waals surface area contributed by atoms with E-state index in [1.807, 2.05) is 12.5 Å². The molecule has 3 aliphatic rings. The molecular weight excluding hydrogens is 513 g/mol. The van der Waals surface area contributed by atoms with Crippen molar-refractivity contribution in [3.05, 3.63) is 86.8 Å². The fourth-order valence-corrected chi connectivity index (χ4v) is 5.74. The van der Waals surface area contributed by atoms with Gasteiger partial charge in [0, 0.05) is 28.4 Å². The molecule has 0 spiro atoms. The standard InChI is InChI=1S/C28H34ClNOS.C2H6S.Na/c1-20-9-8-12-22(27(20)29)14-16-26-28(2,3)24-19-23-11-5-4-10-21(23)13-15-25(24)30(26)17-6-7-18-32-31;1-3-2;/h4-5,10-11,13-16,31H,6-9,12,17-19H2,1-3H3;1-2H3;/q;;+1/p-1/b22-14+,26-16+;;. The van der Waals surface area contributed by atoms with Crippen molar-refractivity contribution in [2.75, 3.05) is 24.8 Å². The maximum absolute atomic E-state index is 10.9. The first-order chi connectivity index (χ1) is 16.8. The molecule has 0 N–H and O–H groups in total. The van der Waals surface area contributed by atoms with Gasteiger partial charge in [-0.1, -0.05) is 67.4 Å². The number of nitrogens with zero attached hydrogens (tertiary/aromatic N) is 1. The molecule has 0 fully saturated rings. The van der Waals surface area contributed by atoms with E-state index in [9.17, 15) is 4.55 Å². The van der Waals surface area contributed by atoms with Crippen molar-refractivity contribution in [2.24, 2.45) is 5.41 Å². The maximum Gasteiger partial charge on any atom is 1.00 e. The number of benzene rings is 1. The van der Waals surface area contributed by atoms with Crippen LogP contribution in [-0.2, 0) is 6.42 Å². The Morgan fingerprint density at radius 2 is 1.81 bits per heavy atom. The Labute approximate surface area is 254 Å². The largest absolute Gasteiger partial charge is 1.00 e. The van der Waals surface area contributed by atoms with Gasteiger partial charge in [-0.3, -0.25) is 12.0 Å². The van der Waals surface area contributed by atoms with E-state index < -0.39 is 0 Å². The third kappa shape index (κ3) is 7.62. The van der Waals surface area contributed by atoms with Gasteiger partial charge in [-0.25, -0.2) is 0 Å². The van der Waals surface area contributed by atoms with Crippen LogP contribution in [0.1, 0.15) is 64.0 Å². The number of halogens is 1. The quantitative estimate of drug-likeness (QED) is 0.247. The van der Waals surface area contributed by atoms with Crippen LogP contribution in [-0.4, -0.2) is 34.3 Å². The van der Waals surface area contributed by atoms with Crippen LogP contribution in [0.3, 0.4) is 0 Å². The van der Waals surface area contributed by atoms with Crippen molar-refractivity contribution in [1.29, 1.82) is 0 Å². The van der Waals surface area contributed by atoms with Gasteiger partial charge in [0.2, 0.25) is 0 Å². The van der Waals surface area contributed by atoms with E-state index in [0.717, 1.165) is 43.7 Å². The van der Waals surface area contributed by atoms with E-state index in [4.69, 9.17) is 11.6 Å². The molecule has 0 saturated carbocycles. The van der Waals surface area contributed by atoms with Crippen LogP contribution in [0, 0.1) is 5.41 Å². The molecule has 1 aliphatic heterocycles. The van der Waals surface area contributed by atoms with Gasteiger partial charge in [0.05, 0.1) is 0 Å². The summed E-state index contributed by atoms with van der Waals surface area (Å²) in [5, 5.41) is 0.950. The van der Waals surface area contributed by atoms with E-state index in [1.54, 1.807) is 11.8 Å². The second-order valence-corrected chi connectivity index (χ2v) is 11.8. The Balaban J connectivity index is 0.00000109. The molecule has 2 nitrogen and oxygen atoms in total. The zero-order valence-corrected chi connectivity index (χ0v) is 27.2. The number of hydrogen-bond acceptors (Lipinski definition) is 4. The van der Waals surface area contributed by atoms with Gasteiger partial charge in [0.1, 0.15) is 0 Å². The molecule has 1 aromatic carbocycles. The van der Waals surface area contributed by atoms with Crippen molar-refractivity contribution in [3.8, 4) is 0 Å². The van der Waals surface area contributed by atoms with Gasteiger partial charge in [-0.15, -0.1) is 0 Å². The van der Waals surface area contributed by atoms with Crippen LogP contribution in [0.25, 0.3) is 6.08 Å². The van der Waals surface area contributed by atoms with Gasteiger partial charge < -0.3 is 9.45 Å². The fraction of sp³-hybridized carbons (Fsp3) is 0.467. The van der Waals surface area contributed by atoms with E-state index in [0.29, 0.717) is 17.8 Å². The van der Waals surface area contributed by atoms with Crippen LogP contribution in [0.5, 0.6) is 0 Å². The second kappa shape index (κ2) is 15.3. The molecule has 0 saturated heterocycles. The molecule has 190 valence electrons. The summed E-state index contributed by atoms with van der Waals surface area (Å²) in [5.74, 6) is 0.674. The third-order valence-electron chi connectivity index (χ3n) is 7.08. The predicted molar refractivity (Wildman–Crippen MR) is 157 cm³/mol. The van der Waals surface area contributed by atoms with Crippen molar-refractivity contribution in [1.82, 2.24) is 4.90 Å². The Bertz CT molecular complexity index is 1050. The summed E-state index contributed by atoms with van der Waals surface area (Å²) in [4.78, 5) is 2.50. The van der Waals surface area contributed by atoms with Crippen LogP contribution >= 0.6 is 35.4 Å². The molecule has 36 heavy (non-hydrogen) atoms. The minimum absolute atomic E-state index is 0. The van der Waals surface area contributed by atoms with Crippen LogP contribution in [0.15, 0.2) is 75.6 Å². The van der Waals surface area contributed by atoms with Crippen molar-refractivity contribution < 1.29 is 34.1 Å². The summed E-state index contributed by atoms with van der Waals surface area (Å²) in [5.41, 5.74) is 9.32. The zero-order chi connectivity index (χ0) is 25.4. The van der Waals surface area contributed by atoms with Gasteiger partial charge in [-0.2, -0.15) is 11.8 Å². The Kier molecular flexibility index (Phi) is 13.6. The molecule has 1 aromatic rings. The molecule has 1 heterocycles. The first-order valence-corrected chi connectivity index (χ1v) is 15.5. The summed E-state index contributed by atoms with van der Waals surface area (Å²) >= 11 is 9.10. The summed E-state index contributed by atoms with van der Waals surface area (Å²) in [7, 11) is 0. The Morgan fingerprint density at radius 3 is 2.53 bits per heavy atom. The summed E-state index contributed by atoms with van der Waals surface area (Å²) in [6.45, 7) is 7.78. The van der Waals surface area contributed by atoms with Crippen LogP contribution < -0.4 is 29.6 Å². The Morgan fingerprint density at radius 1 is 1.08 bits per heavy atom. The Hall–Kier alpha value is -0.330. The number of rotatable bonds is 6. The molecule has 0 radical (unpaired) electrons. The molecule has 2 aliphatic carbocycles. The molecule has 0 amide bonds. The molecule has 0 unspecified atom stereocenters. The number of thioether (sulfide) groups is 1. The van der Waals surface area contributed by atoms with Gasteiger partial charge >= 0.3 is 29.6 Å². The minimum Gasteiger partial charge on any atom is -0.799 e. The van der Waals surface area contributed by atoms with Crippen molar-refractivity contribution in [3.63, 3.8) is 0 Å². The molecule has 0 bridgehead atoms. The smallest absolute Gasteiger partial charge is 0.799 e. The number of allylic oxidation sites excluding steroid dienone is 7.